The average molecular weight is 346 g/mol. The third kappa shape index (κ3) is 3.61. The van der Waals surface area contributed by atoms with Gasteiger partial charge in [-0.05, 0) is 13.0 Å². The van der Waals surface area contributed by atoms with Gasteiger partial charge in [0.1, 0.15) is 11.4 Å². The molecule has 0 aliphatic carbocycles. The van der Waals surface area contributed by atoms with Gasteiger partial charge in [-0.25, -0.2) is 0 Å². The first-order valence-electron chi connectivity index (χ1n) is 7.78. The van der Waals surface area contributed by atoms with Crippen molar-refractivity contribution < 1.29 is 18.8 Å². The van der Waals surface area contributed by atoms with E-state index in [9.17, 15) is 14.4 Å². The zero-order valence-corrected chi connectivity index (χ0v) is 13.9. The topological polar surface area (TPSA) is 107 Å². The maximum atomic E-state index is 12.6. The van der Waals surface area contributed by atoms with Gasteiger partial charge in [0.2, 0.25) is 0 Å². The molecular weight excluding hydrogens is 328 g/mol. The second-order valence-corrected chi connectivity index (χ2v) is 5.74. The van der Waals surface area contributed by atoms with Crippen molar-refractivity contribution in [2.45, 2.75) is 6.92 Å². The van der Waals surface area contributed by atoms with E-state index in [-0.39, 0.29) is 17.3 Å². The number of aromatic nitrogens is 2. The molecule has 3 rings (SSSR count). The largest absolute Gasteiger partial charge is 0.378 e. The maximum Gasteiger partial charge on any atom is 0.278 e. The summed E-state index contributed by atoms with van der Waals surface area (Å²) in [6, 6.07) is 2.84. The van der Waals surface area contributed by atoms with E-state index >= 15 is 0 Å². The summed E-state index contributed by atoms with van der Waals surface area (Å²) in [5.74, 6) is -0.314. The second kappa shape index (κ2) is 6.89. The molecule has 2 amide bonds. The van der Waals surface area contributed by atoms with Crippen molar-refractivity contribution >= 4 is 17.5 Å². The number of morpholine rings is 1. The Labute approximate surface area is 143 Å². The highest BCUT2D eigenvalue weighted by molar-refractivity contribution is 6.03. The quantitative estimate of drug-likeness (QED) is 0.862. The molecule has 0 saturated carbocycles. The van der Waals surface area contributed by atoms with Crippen molar-refractivity contribution in [1.82, 2.24) is 14.6 Å². The Balaban J connectivity index is 1.86. The van der Waals surface area contributed by atoms with Gasteiger partial charge in [0, 0.05) is 32.4 Å². The zero-order valence-electron chi connectivity index (χ0n) is 13.9. The Hall–Kier alpha value is -2.94. The molecular formula is C16H18N4O5. The number of ether oxygens (including phenoxy) is 1. The number of nitrogens with one attached hydrogen (secondary N) is 1. The standard InChI is InChI=1S/C16H18N4O5/c1-10-7-12(18-25-10)14(21)17-13-8-11(9-19(2)16(13)23)15(22)20-3-5-24-6-4-20/h7-9H,3-6H2,1-2H3,(H,17,21). The lowest BCUT2D eigenvalue weighted by Crippen LogP contribution is -2.41. The SMILES string of the molecule is Cc1cc(C(=O)Nc2cc(C(=O)N3CCOCC3)cn(C)c2=O)no1. The fourth-order valence-electron chi connectivity index (χ4n) is 2.53. The number of nitrogens with zero attached hydrogens (tertiary/aromatic N) is 3. The second-order valence-electron chi connectivity index (χ2n) is 5.74. The van der Waals surface area contributed by atoms with Crippen LogP contribution in [0.3, 0.4) is 0 Å². The van der Waals surface area contributed by atoms with Gasteiger partial charge in [0.05, 0.1) is 18.8 Å². The molecule has 0 radical (unpaired) electrons. The Bertz CT molecular complexity index is 864. The number of carbonyl (C=O) groups excluding carboxylic acids is 2. The summed E-state index contributed by atoms with van der Waals surface area (Å²) >= 11 is 0. The minimum absolute atomic E-state index is 0.00672. The van der Waals surface area contributed by atoms with E-state index in [1.54, 1.807) is 11.8 Å². The monoisotopic (exact) mass is 346 g/mol. The van der Waals surface area contributed by atoms with Gasteiger partial charge < -0.3 is 24.0 Å². The Morgan fingerprint density at radius 3 is 2.60 bits per heavy atom. The molecule has 1 aliphatic heterocycles. The van der Waals surface area contributed by atoms with Crippen molar-refractivity contribution in [3.63, 3.8) is 0 Å². The number of amides is 2. The molecule has 9 nitrogen and oxygen atoms in total. The minimum atomic E-state index is -0.579. The van der Waals surface area contributed by atoms with E-state index in [1.165, 1.54) is 29.9 Å². The highest BCUT2D eigenvalue weighted by atomic mass is 16.5. The van der Waals surface area contributed by atoms with Crippen LogP contribution in [0.25, 0.3) is 0 Å². The van der Waals surface area contributed by atoms with Gasteiger partial charge in [0.25, 0.3) is 17.4 Å². The van der Waals surface area contributed by atoms with E-state index in [1.807, 2.05) is 0 Å². The van der Waals surface area contributed by atoms with E-state index in [4.69, 9.17) is 9.26 Å². The molecule has 132 valence electrons. The van der Waals surface area contributed by atoms with E-state index in [0.717, 1.165) is 0 Å². The van der Waals surface area contributed by atoms with Gasteiger partial charge in [-0.15, -0.1) is 0 Å². The predicted octanol–water partition coefficient (Wildman–Crippen LogP) is 0.406. The number of hydrogen-bond acceptors (Lipinski definition) is 6. The van der Waals surface area contributed by atoms with Gasteiger partial charge in [-0.2, -0.15) is 0 Å². The van der Waals surface area contributed by atoms with Gasteiger partial charge in [-0.3, -0.25) is 14.4 Å². The minimum Gasteiger partial charge on any atom is -0.378 e. The van der Waals surface area contributed by atoms with E-state index < -0.39 is 11.5 Å². The average Bonchev–Trinajstić information content (AvgIpc) is 3.05. The Morgan fingerprint density at radius 2 is 1.96 bits per heavy atom. The molecule has 1 N–H and O–H groups in total. The zero-order chi connectivity index (χ0) is 18.0. The lowest BCUT2D eigenvalue weighted by atomic mass is 10.2. The number of rotatable bonds is 3. The van der Waals surface area contributed by atoms with Crippen molar-refractivity contribution in [2.24, 2.45) is 7.05 Å². The van der Waals surface area contributed by atoms with Crippen LogP contribution in [0.4, 0.5) is 5.69 Å². The molecule has 1 fully saturated rings. The molecule has 0 atom stereocenters. The van der Waals surface area contributed by atoms with Crippen molar-refractivity contribution in [3.05, 3.63) is 45.7 Å². The van der Waals surface area contributed by atoms with Crippen LogP contribution in [-0.2, 0) is 11.8 Å². The van der Waals surface area contributed by atoms with Crippen LogP contribution in [-0.4, -0.2) is 52.7 Å². The molecule has 3 heterocycles. The van der Waals surface area contributed by atoms with Crippen LogP contribution >= 0.6 is 0 Å². The number of aryl methyl sites for hydroxylation is 2. The number of pyridine rings is 1. The summed E-state index contributed by atoms with van der Waals surface area (Å²) in [4.78, 5) is 38.7. The first kappa shape index (κ1) is 16.9. The first-order valence-corrected chi connectivity index (χ1v) is 7.78. The van der Waals surface area contributed by atoms with E-state index in [2.05, 4.69) is 10.5 Å². The normalized spacial score (nSPS) is 14.4. The summed E-state index contributed by atoms with van der Waals surface area (Å²) in [6.07, 6.45) is 1.45. The number of carbonyl (C=O) groups is 2. The lowest BCUT2D eigenvalue weighted by molar-refractivity contribution is 0.0302. The van der Waals surface area contributed by atoms with Crippen molar-refractivity contribution in [2.75, 3.05) is 31.6 Å². The first-order chi connectivity index (χ1) is 12.0. The summed E-state index contributed by atoms with van der Waals surface area (Å²) < 4.78 is 11.3. The lowest BCUT2D eigenvalue weighted by Gasteiger charge is -2.27. The Kier molecular flexibility index (Phi) is 4.66. The summed E-state index contributed by atoms with van der Waals surface area (Å²) in [5, 5.41) is 6.10. The van der Waals surface area contributed by atoms with Crippen LogP contribution in [0.5, 0.6) is 0 Å². The molecule has 0 unspecified atom stereocenters. The van der Waals surface area contributed by atoms with Crippen molar-refractivity contribution in [3.8, 4) is 0 Å². The van der Waals surface area contributed by atoms with Gasteiger partial charge >= 0.3 is 0 Å². The Morgan fingerprint density at radius 1 is 1.24 bits per heavy atom. The van der Waals surface area contributed by atoms with Crippen LogP contribution in [0, 0.1) is 6.92 Å². The molecule has 25 heavy (non-hydrogen) atoms. The molecule has 1 saturated heterocycles. The van der Waals surface area contributed by atoms with Crippen molar-refractivity contribution in [1.29, 1.82) is 0 Å². The molecule has 9 heteroatoms. The van der Waals surface area contributed by atoms with E-state index in [0.29, 0.717) is 37.6 Å². The third-order valence-corrected chi connectivity index (χ3v) is 3.84. The van der Waals surface area contributed by atoms with Crippen LogP contribution in [0.2, 0.25) is 0 Å². The van der Waals surface area contributed by atoms with Crippen LogP contribution in [0.1, 0.15) is 26.6 Å². The third-order valence-electron chi connectivity index (χ3n) is 3.84. The van der Waals surface area contributed by atoms with Gasteiger partial charge in [-0.1, -0.05) is 5.16 Å². The molecule has 0 bridgehead atoms. The highest BCUT2D eigenvalue weighted by Gasteiger charge is 2.21. The van der Waals surface area contributed by atoms with Crippen LogP contribution in [0.15, 0.2) is 27.6 Å². The van der Waals surface area contributed by atoms with Gasteiger partial charge in [0.15, 0.2) is 5.69 Å². The fraction of sp³-hybridized carbons (Fsp3) is 0.375. The number of anilines is 1. The van der Waals surface area contributed by atoms with Crippen LogP contribution < -0.4 is 10.9 Å². The summed E-state index contributed by atoms with van der Waals surface area (Å²) in [6.45, 7) is 3.59. The fourth-order valence-corrected chi connectivity index (χ4v) is 2.53. The number of hydrogen-bond donors (Lipinski definition) is 1. The highest BCUT2D eigenvalue weighted by Crippen LogP contribution is 2.12. The summed E-state index contributed by atoms with van der Waals surface area (Å²) in [7, 11) is 1.52. The molecule has 2 aromatic heterocycles. The summed E-state index contributed by atoms with van der Waals surface area (Å²) in [5.41, 5.74) is -0.0422. The molecule has 0 aromatic carbocycles. The predicted molar refractivity (Wildman–Crippen MR) is 87.6 cm³/mol. The smallest absolute Gasteiger partial charge is 0.278 e. The maximum absolute atomic E-state index is 12.6. The molecule has 1 aliphatic rings. The molecule has 0 spiro atoms. The molecule has 2 aromatic rings.